The molecule has 1 N–H and O–H groups in total. The third-order valence-electron chi connectivity index (χ3n) is 4.84. The monoisotopic (exact) mass is 414 g/mol. The second-order valence-electron chi connectivity index (χ2n) is 7.05. The number of sulfone groups is 1. The predicted octanol–water partition coefficient (Wildman–Crippen LogP) is 4.12. The van der Waals surface area contributed by atoms with Crippen LogP contribution in [-0.2, 0) is 19.4 Å². The number of aliphatic hydroxyl groups is 1. The van der Waals surface area contributed by atoms with Crippen LogP contribution >= 0.6 is 0 Å². The van der Waals surface area contributed by atoms with Crippen molar-refractivity contribution in [2.75, 3.05) is 6.26 Å². The molecule has 152 valence electrons. The first kappa shape index (κ1) is 20.8. The lowest BCUT2D eigenvalue weighted by molar-refractivity contribution is -0.122. The van der Waals surface area contributed by atoms with Crippen LogP contribution in [0.5, 0.6) is 11.5 Å². The Kier molecular flexibility index (Phi) is 5.88. The minimum absolute atomic E-state index is 0.0752. The number of hydrogen-bond acceptors (Lipinski definition) is 6. The van der Waals surface area contributed by atoms with E-state index in [0.717, 1.165) is 11.8 Å². The van der Waals surface area contributed by atoms with Gasteiger partial charge in [0.1, 0.15) is 17.3 Å². The Labute approximate surface area is 169 Å². The summed E-state index contributed by atoms with van der Waals surface area (Å²) in [6.45, 7) is 1.65. The number of ether oxygens (including phenoxy) is 1. The summed E-state index contributed by atoms with van der Waals surface area (Å²) in [6, 6.07) is 13.3. The highest BCUT2D eigenvalue weighted by molar-refractivity contribution is 7.90. The van der Waals surface area contributed by atoms with Crippen LogP contribution in [0.2, 0.25) is 0 Å². The van der Waals surface area contributed by atoms with Crippen molar-refractivity contribution >= 4 is 21.4 Å². The second kappa shape index (κ2) is 8.21. The number of hydrogen-bond donors (Lipinski definition) is 1. The summed E-state index contributed by atoms with van der Waals surface area (Å²) in [5.41, 5.74) is 0.721. The fourth-order valence-electron chi connectivity index (χ4n) is 3.36. The molecule has 7 heteroatoms. The minimum atomic E-state index is -3.35. The average Bonchev–Trinajstić information content (AvgIpc) is 2.67. The van der Waals surface area contributed by atoms with Crippen molar-refractivity contribution in [2.45, 2.75) is 37.0 Å². The van der Waals surface area contributed by atoms with Gasteiger partial charge in [0, 0.05) is 25.5 Å². The fourth-order valence-corrected chi connectivity index (χ4v) is 4.02. The standard InChI is InChI=1S/C22H22O6S/c1-3-19(23)22-20(24)11-15(12-21(22)25)14-6-4-7-16(10-14)28-17-8-5-9-18(13-17)29(2,26)27/h4-10,13,15,24H,3,11-12H2,1-2H3. The molecule has 0 amide bonds. The summed E-state index contributed by atoms with van der Waals surface area (Å²) in [6.07, 6.45) is 1.65. The number of Topliss-reactive ketones (excluding diaryl/α,β-unsaturated/α-hetero) is 2. The van der Waals surface area contributed by atoms with Gasteiger partial charge in [-0.1, -0.05) is 25.1 Å². The predicted molar refractivity (Wildman–Crippen MR) is 108 cm³/mol. The van der Waals surface area contributed by atoms with Crippen LogP contribution in [0.25, 0.3) is 0 Å². The number of ketones is 2. The molecule has 2 aromatic carbocycles. The Morgan fingerprint density at radius 2 is 1.76 bits per heavy atom. The highest BCUT2D eigenvalue weighted by atomic mass is 32.2. The molecule has 0 bridgehead atoms. The van der Waals surface area contributed by atoms with Crippen molar-refractivity contribution in [1.29, 1.82) is 0 Å². The molecule has 0 aromatic heterocycles. The molecule has 1 aliphatic rings. The van der Waals surface area contributed by atoms with Crippen LogP contribution < -0.4 is 4.74 Å². The van der Waals surface area contributed by atoms with Gasteiger partial charge in [-0.15, -0.1) is 0 Å². The fraction of sp³-hybridized carbons (Fsp3) is 0.273. The SMILES string of the molecule is CCC(=O)C1=C(O)CC(c2cccc(Oc3cccc(S(C)(=O)=O)c3)c2)CC1=O. The quantitative estimate of drug-likeness (QED) is 0.714. The molecule has 0 radical (unpaired) electrons. The zero-order valence-electron chi connectivity index (χ0n) is 16.2. The Hall–Kier alpha value is -2.93. The smallest absolute Gasteiger partial charge is 0.175 e. The highest BCUT2D eigenvalue weighted by Gasteiger charge is 2.31. The normalized spacial score (nSPS) is 17.3. The van der Waals surface area contributed by atoms with Gasteiger partial charge in [0.05, 0.1) is 10.5 Å². The maximum atomic E-state index is 12.4. The van der Waals surface area contributed by atoms with Crippen LogP contribution in [0.15, 0.2) is 64.8 Å². The van der Waals surface area contributed by atoms with E-state index in [1.807, 2.05) is 6.07 Å². The molecule has 0 saturated heterocycles. The summed E-state index contributed by atoms with van der Waals surface area (Å²) in [5, 5.41) is 10.2. The molecule has 3 rings (SSSR count). The van der Waals surface area contributed by atoms with E-state index in [0.29, 0.717) is 11.5 Å². The molecule has 1 aliphatic carbocycles. The lowest BCUT2D eigenvalue weighted by atomic mass is 9.81. The van der Waals surface area contributed by atoms with Gasteiger partial charge >= 0.3 is 0 Å². The van der Waals surface area contributed by atoms with E-state index in [2.05, 4.69) is 0 Å². The Morgan fingerprint density at radius 1 is 1.10 bits per heavy atom. The van der Waals surface area contributed by atoms with E-state index in [4.69, 9.17) is 4.74 Å². The van der Waals surface area contributed by atoms with Gasteiger partial charge in [0.2, 0.25) is 0 Å². The van der Waals surface area contributed by atoms with Gasteiger partial charge in [0.25, 0.3) is 0 Å². The minimum Gasteiger partial charge on any atom is -0.511 e. The third kappa shape index (κ3) is 4.74. The van der Waals surface area contributed by atoms with Gasteiger partial charge in [0.15, 0.2) is 21.4 Å². The van der Waals surface area contributed by atoms with Gasteiger partial charge in [-0.05, 0) is 41.8 Å². The van der Waals surface area contributed by atoms with E-state index in [1.54, 1.807) is 37.3 Å². The molecule has 0 aliphatic heterocycles. The molecule has 1 unspecified atom stereocenters. The molecule has 0 spiro atoms. The van der Waals surface area contributed by atoms with Gasteiger partial charge in [-0.3, -0.25) is 9.59 Å². The van der Waals surface area contributed by atoms with Crippen molar-refractivity contribution < 1.29 is 27.9 Å². The molecular weight excluding hydrogens is 392 g/mol. The van der Waals surface area contributed by atoms with Gasteiger partial charge < -0.3 is 9.84 Å². The molecule has 0 fully saturated rings. The molecule has 1 atom stereocenters. The molecular formula is C22H22O6S. The lowest BCUT2D eigenvalue weighted by Gasteiger charge is -2.23. The summed E-state index contributed by atoms with van der Waals surface area (Å²) in [7, 11) is -3.35. The van der Waals surface area contributed by atoms with E-state index in [-0.39, 0.29) is 53.0 Å². The Bertz CT molecular complexity index is 1100. The van der Waals surface area contributed by atoms with Crippen molar-refractivity contribution in [2.24, 2.45) is 0 Å². The summed E-state index contributed by atoms with van der Waals surface area (Å²) in [4.78, 5) is 24.4. The topological polar surface area (TPSA) is 97.7 Å². The van der Waals surface area contributed by atoms with Crippen LogP contribution in [0.3, 0.4) is 0 Å². The number of allylic oxidation sites excluding steroid dienone is 2. The van der Waals surface area contributed by atoms with E-state index in [9.17, 15) is 23.1 Å². The molecule has 29 heavy (non-hydrogen) atoms. The Balaban J connectivity index is 1.83. The van der Waals surface area contributed by atoms with Crippen LogP contribution in [0.1, 0.15) is 37.7 Å². The number of aliphatic hydroxyl groups excluding tert-OH is 1. The lowest BCUT2D eigenvalue weighted by Crippen LogP contribution is -2.23. The second-order valence-corrected chi connectivity index (χ2v) is 9.06. The Morgan fingerprint density at radius 3 is 2.38 bits per heavy atom. The number of carbonyl (C=O) groups is 2. The van der Waals surface area contributed by atoms with Crippen molar-refractivity contribution in [3.63, 3.8) is 0 Å². The zero-order valence-corrected chi connectivity index (χ0v) is 17.0. The number of carbonyl (C=O) groups excluding carboxylic acids is 2. The van der Waals surface area contributed by atoms with E-state index in [1.165, 1.54) is 12.1 Å². The number of benzene rings is 2. The van der Waals surface area contributed by atoms with Gasteiger partial charge in [-0.25, -0.2) is 8.42 Å². The van der Waals surface area contributed by atoms with Crippen molar-refractivity contribution in [3.8, 4) is 11.5 Å². The van der Waals surface area contributed by atoms with Crippen LogP contribution in [0.4, 0.5) is 0 Å². The highest BCUT2D eigenvalue weighted by Crippen LogP contribution is 2.36. The third-order valence-corrected chi connectivity index (χ3v) is 5.95. The molecule has 0 saturated carbocycles. The first-order valence-corrected chi connectivity index (χ1v) is 11.1. The maximum Gasteiger partial charge on any atom is 0.175 e. The summed E-state index contributed by atoms with van der Waals surface area (Å²) in [5.74, 6) is -0.249. The first-order valence-electron chi connectivity index (χ1n) is 9.25. The molecule has 0 heterocycles. The molecule has 2 aromatic rings. The number of rotatable bonds is 6. The van der Waals surface area contributed by atoms with Crippen LogP contribution in [-0.4, -0.2) is 31.3 Å². The zero-order chi connectivity index (χ0) is 21.2. The summed E-state index contributed by atoms with van der Waals surface area (Å²) < 4.78 is 29.2. The van der Waals surface area contributed by atoms with Gasteiger partial charge in [-0.2, -0.15) is 0 Å². The van der Waals surface area contributed by atoms with Crippen molar-refractivity contribution in [3.05, 3.63) is 65.4 Å². The molecule has 6 nitrogen and oxygen atoms in total. The average molecular weight is 414 g/mol. The maximum absolute atomic E-state index is 12.4. The first-order chi connectivity index (χ1) is 13.7. The van der Waals surface area contributed by atoms with E-state index < -0.39 is 9.84 Å². The van der Waals surface area contributed by atoms with Crippen molar-refractivity contribution in [1.82, 2.24) is 0 Å². The largest absolute Gasteiger partial charge is 0.511 e. The summed E-state index contributed by atoms with van der Waals surface area (Å²) >= 11 is 0. The van der Waals surface area contributed by atoms with E-state index >= 15 is 0 Å². The van der Waals surface area contributed by atoms with Crippen LogP contribution in [0, 0.1) is 0 Å².